The zero-order valence-electron chi connectivity index (χ0n) is 8.36. The van der Waals surface area contributed by atoms with Crippen molar-refractivity contribution in [2.45, 2.75) is 25.3 Å². The Labute approximate surface area is 88.0 Å². The van der Waals surface area contributed by atoms with Gasteiger partial charge in [-0.1, -0.05) is 6.07 Å². The zero-order chi connectivity index (χ0) is 10.8. The lowest BCUT2D eigenvalue weighted by Gasteiger charge is -2.21. The van der Waals surface area contributed by atoms with E-state index < -0.39 is 5.91 Å². The van der Waals surface area contributed by atoms with Gasteiger partial charge < -0.3 is 5.73 Å². The predicted octanol–water partition coefficient (Wildman–Crippen LogP) is 0.622. The second-order valence-corrected chi connectivity index (χ2v) is 3.93. The molecule has 1 unspecified atom stereocenters. The molecule has 80 valence electrons. The Hall–Kier alpha value is -1.39. The third-order valence-electron chi connectivity index (χ3n) is 2.84. The molecule has 1 amide bonds. The summed E-state index contributed by atoms with van der Waals surface area (Å²) in [5.41, 5.74) is 10.3. The van der Waals surface area contributed by atoms with Gasteiger partial charge in [-0.3, -0.25) is 10.0 Å². The van der Waals surface area contributed by atoms with Crippen LogP contribution in [0.3, 0.4) is 0 Å². The van der Waals surface area contributed by atoms with Crippen molar-refractivity contribution >= 4 is 5.91 Å². The monoisotopic (exact) mass is 206 g/mol. The summed E-state index contributed by atoms with van der Waals surface area (Å²) in [7, 11) is 0. The maximum absolute atomic E-state index is 11.2. The highest BCUT2D eigenvalue weighted by molar-refractivity contribution is 5.93. The van der Waals surface area contributed by atoms with Gasteiger partial charge in [0.2, 0.25) is 0 Å². The van der Waals surface area contributed by atoms with E-state index in [1.807, 2.05) is 6.07 Å². The standard InChI is InChI=1S/C11H14N2O2/c12-10-4-3-7-1-2-8(11(14)13-15)5-9(7)6-10/h1-2,5,10,15H,3-4,6,12H2,(H,13,14). The zero-order valence-corrected chi connectivity index (χ0v) is 8.36. The van der Waals surface area contributed by atoms with Crippen LogP contribution in [0.25, 0.3) is 0 Å². The predicted molar refractivity (Wildman–Crippen MR) is 55.7 cm³/mol. The molecule has 4 N–H and O–H groups in total. The van der Waals surface area contributed by atoms with Gasteiger partial charge >= 0.3 is 0 Å². The number of nitrogens with two attached hydrogens (primary N) is 1. The topological polar surface area (TPSA) is 75.4 Å². The minimum Gasteiger partial charge on any atom is -0.327 e. The summed E-state index contributed by atoms with van der Waals surface area (Å²) >= 11 is 0. The summed E-state index contributed by atoms with van der Waals surface area (Å²) in [6.45, 7) is 0. The summed E-state index contributed by atoms with van der Waals surface area (Å²) in [5.74, 6) is -0.475. The molecule has 1 aliphatic carbocycles. The van der Waals surface area contributed by atoms with Crippen molar-refractivity contribution in [3.8, 4) is 0 Å². The van der Waals surface area contributed by atoms with Crippen LogP contribution in [0.2, 0.25) is 0 Å². The first kappa shape index (κ1) is 10.1. The van der Waals surface area contributed by atoms with Crippen LogP contribution < -0.4 is 11.2 Å². The van der Waals surface area contributed by atoms with E-state index in [0.717, 1.165) is 24.8 Å². The van der Waals surface area contributed by atoms with Crippen molar-refractivity contribution in [2.75, 3.05) is 0 Å². The molecule has 0 saturated carbocycles. The van der Waals surface area contributed by atoms with Gasteiger partial charge in [0.25, 0.3) is 5.91 Å². The van der Waals surface area contributed by atoms with Gasteiger partial charge in [0.1, 0.15) is 0 Å². The number of hydrogen-bond acceptors (Lipinski definition) is 3. The van der Waals surface area contributed by atoms with Crippen molar-refractivity contribution in [1.29, 1.82) is 0 Å². The van der Waals surface area contributed by atoms with Crippen LogP contribution in [0.4, 0.5) is 0 Å². The average Bonchev–Trinajstić information content (AvgIpc) is 2.27. The largest absolute Gasteiger partial charge is 0.327 e. The van der Waals surface area contributed by atoms with Crippen LogP contribution in [0.15, 0.2) is 18.2 Å². The number of carbonyl (C=O) groups is 1. The van der Waals surface area contributed by atoms with E-state index in [1.54, 1.807) is 17.6 Å². The number of aryl methyl sites for hydroxylation is 1. The molecule has 0 heterocycles. The van der Waals surface area contributed by atoms with E-state index >= 15 is 0 Å². The van der Waals surface area contributed by atoms with Crippen LogP contribution in [0.1, 0.15) is 27.9 Å². The van der Waals surface area contributed by atoms with Crippen LogP contribution in [0, 0.1) is 0 Å². The van der Waals surface area contributed by atoms with Crippen molar-refractivity contribution in [3.63, 3.8) is 0 Å². The Morgan fingerprint density at radius 1 is 1.47 bits per heavy atom. The van der Waals surface area contributed by atoms with E-state index in [4.69, 9.17) is 10.9 Å². The van der Waals surface area contributed by atoms with Crippen molar-refractivity contribution in [2.24, 2.45) is 5.73 Å². The van der Waals surface area contributed by atoms with Gasteiger partial charge in [-0.15, -0.1) is 0 Å². The van der Waals surface area contributed by atoms with Crippen LogP contribution in [0.5, 0.6) is 0 Å². The van der Waals surface area contributed by atoms with Crippen molar-refractivity contribution < 1.29 is 10.0 Å². The first-order chi connectivity index (χ1) is 7.20. The lowest BCUT2D eigenvalue weighted by atomic mass is 9.87. The van der Waals surface area contributed by atoms with Gasteiger partial charge in [0.05, 0.1) is 0 Å². The number of fused-ring (bicyclic) bond motifs is 1. The highest BCUT2D eigenvalue weighted by atomic mass is 16.5. The quantitative estimate of drug-likeness (QED) is 0.466. The number of benzene rings is 1. The molecular formula is C11H14N2O2. The minimum atomic E-state index is -0.475. The van der Waals surface area contributed by atoms with E-state index in [-0.39, 0.29) is 6.04 Å². The number of hydroxylamine groups is 1. The Morgan fingerprint density at radius 2 is 2.27 bits per heavy atom. The molecule has 1 aliphatic rings. The molecule has 15 heavy (non-hydrogen) atoms. The summed E-state index contributed by atoms with van der Waals surface area (Å²) in [6, 6.07) is 5.65. The second-order valence-electron chi connectivity index (χ2n) is 3.93. The molecule has 1 atom stereocenters. The van der Waals surface area contributed by atoms with Gasteiger partial charge in [-0.25, -0.2) is 5.48 Å². The summed E-state index contributed by atoms with van der Waals surface area (Å²) in [4.78, 5) is 11.2. The van der Waals surface area contributed by atoms with Gasteiger partial charge in [-0.05, 0) is 42.5 Å². The van der Waals surface area contributed by atoms with Crippen molar-refractivity contribution in [1.82, 2.24) is 5.48 Å². The first-order valence-electron chi connectivity index (χ1n) is 5.02. The molecular weight excluding hydrogens is 192 g/mol. The maximum atomic E-state index is 11.2. The number of rotatable bonds is 1. The van der Waals surface area contributed by atoms with Gasteiger partial charge in [0.15, 0.2) is 0 Å². The Balaban J connectivity index is 2.32. The fourth-order valence-electron chi connectivity index (χ4n) is 1.99. The third kappa shape index (κ3) is 2.00. The van der Waals surface area contributed by atoms with Gasteiger partial charge in [0, 0.05) is 11.6 Å². The molecule has 4 nitrogen and oxygen atoms in total. The molecule has 0 aliphatic heterocycles. The fourth-order valence-corrected chi connectivity index (χ4v) is 1.99. The lowest BCUT2D eigenvalue weighted by Crippen LogP contribution is -2.28. The molecule has 1 aromatic rings. The third-order valence-corrected chi connectivity index (χ3v) is 2.84. The number of carbonyl (C=O) groups excluding carboxylic acids is 1. The molecule has 0 fully saturated rings. The van der Waals surface area contributed by atoms with Crippen LogP contribution in [-0.2, 0) is 12.8 Å². The van der Waals surface area contributed by atoms with E-state index in [0.29, 0.717) is 5.56 Å². The van der Waals surface area contributed by atoms with Gasteiger partial charge in [-0.2, -0.15) is 0 Å². The molecule has 2 rings (SSSR count). The highest BCUT2D eigenvalue weighted by Crippen LogP contribution is 2.21. The second kappa shape index (κ2) is 4.00. The molecule has 1 aromatic carbocycles. The lowest BCUT2D eigenvalue weighted by molar-refractivity contribution is 0.0706. The van der Waals surface area contributed by atoms with Crippen LogP contribution >= 0.6 is 0 Å². The normalized spacial score (nSPS) is 19.5. The van der Waals surface area contributed by atoms with Crippen molar-refractivity contribution in [3.05, 3.63) is 34.9 Å². The first-order valence-corrected chi connectivity index (χ1v) is 5.02. The minimum absolute atomic E-state index is 0.185. The Morgan fingerprint density at radius 3 is 3.00 bits per heavy atom. The number of amides is 1. The summed E-state index contributed by atoms with van der Waals surface area (Å²) < 4.78 is 0. The molecule has 0 bridgehead atoms. The van der Waals surface area contributed by atoms with E-state index in [2.05, 4.69) is 0 Å². The molecule has 0 spiro atoms. The number of nitrogens with one attached hydrogen (secondary N) is 1. The van der Waals surface area contributed by atoms with Crippen LogP contribution in [-0.4, -0.2) is 17.2 Å². The Kier molecular flexibility index (Phi) is 2.70. The smallest absolute Gasteiger partial charge is 0.274 e. The highest BCUT2D eigenvalue weighted by Gasteiger charge is 2.16. The molecule has 0 saturated heterocycles. The molecule has 4 heteroatoms. The summed E-state index contributed by atoms with van der Waals surface area (Å²) in [6.07, 6.45) is 2.78. The summed E-state index contributed by atoms with van der Waals surface area (Å²) in [5, 5.41) is 8.52. The maximum Gasteiger partial charge on any atom is 0.274 e. The fraction of sp³-hybridized carbons (Fsp3) is 0.364. The molecule has 0 radical (unpaired) electrons. The Bertz CT molecular complexity index is 390. The van der Waals surface area contributed by atoms with E-state index in [9.17, 15) is 4.79 Å². The SMILES string of the molecule is NC1CCc2ccc(C(=O)NO)cc2C1. The average molecular weight is 206 g/mol. The van der Waals surface area contributed by atoms with E-state index in [1.165, 1.54) is 5.56 Å². The molecule has 0 aromatic heterocycles. The number of hydrogen-bond donors (Lipinski definition) is 3.